The van der Waals surface area contributed by atoms with E-state index in [1.807, 2.05) is 0 Å². The van der Waals surface area contributed by atoms with Gasteiger partial charge in [-0.2, -0.15) is 0 Å². The molecule has 3 fully saturated rings. The van der Waals surface area contributed by atoms with Crippen LogP contribution in [0.4, 0.5) is 0 Å². The molecule has 0 aromatic carbocycles. The Bertz CT molecular complexity index is 161. The molecule has 0 unspecified atom stereocenters. The van der Waals surface area contributed by atoms with E-state index < -0.39 is 0 Å². The van der Waals surface area contributed by atoms with E-state index in [-0.39, 0.29) is 0 Å². The molecule has 68 valence electrons. The molecule has 3 saturated heterocycles. The molecule has 0 aromatic heterocycles. The van der Waals surface area contributed by atoms with Gasteiger partial charge in [0.25, 0.3) is 0 Å². The Morgan fingerprint density at radius 1 is 1.25 bits per heavy atom. The molecule has 1 amide bonds. The van der Waals surface area contributed by atoms with Crippen molar-refractivity contribution in [2.24, 2.45) is 0 Å². The van der Waals surface area contributed by atoms with E-state index >= 15 is 0 Å². The second-order valence-electron chi connectivity index (χ2n) is 3.83. The standard InChI is InChI=1S/C8H15N3O/c12-8-9-7-11-4-1-10(2-5-11)3-6-11/h8H,1-7H2/p+1. The summed E-state index contributed by atoms with van der Waals surface area (Å²) in [6, 6.07) is 0. The van der Waals surface area contributed by atoms with Crippen molar-refractivity contribution in [2.75, 3.05) is 45.9 Å². The average molecular weight is 170 g/mol. The minimum atomic E-state index is 0.813. The van der Waals surface area contributed by atoms with Gasteiger partial charge in [-0.15, -0.1) is 0 Å². The Balaban J connectivity index is 1.94. The van der Waals surface area contributed by atoms with Gasteiger partial charge in [-0.3, -0.25) is 9.69 Å². The van der Waals surface area contributed by atoms with Gasteiger partial charge in [-0.25, -0.2) is 0 Å². The van der Waals surface area contributed by atoms with Crippen molar-refractivity contribution in [1.29, 1.82) is 0 Å². The molecule has 0 aromatic rings. The average Bonchev–Trinajstić information content (AvgIpc) is 2.18. The fourth-order valence-corrected chi connectivity index (χ4v) is 2.20. The van der Waals surface area contributed by atoms with Gasteiger partial charge < -0.3 is 9.80 Å². The van der Waals surface area contributed by atoms with Gasteiger partial charge in [-0.1, -0.05) is 0 Å². The quantitative estimate of drug-likeness (QED) is 0.428. The lowest BCUT2D eigenvalue weighted by Crippen LogP contribution is -2.69. The number of carbonyl (C=O) groups excluding carboxylic acids is 1. The summed E-state index contributed by atoms with van der Waals surface area (Å²) in [5, 5.41) is 2.81. The number of nitrogens with zero attached hydrogens (tertiary/aromatic N) is 2. The third kappa shape index (κ3) is 1.32. The molecule has 0 spiro atoms. The van der Waals surface area contributed by atoms with Crippen molar-refractivity contribution in [3.63, 3.8) is 0 Å². The first-order valence-electron chi connectivity index (χ1n) is 4.59. The molecule has 0 aliphatic carbocycles. The Morgan fingerprint density at radius 2 is 1.83 bits per heavy atom. The molecule has 0 atom stereocenters. The van der Waals surface area contributed by atoms with Crippen LogP contribution in [0.5, 0.6) is 0 Å². The second kappa shape index (κ2) is 3.03. The molecule has 4 heteroatoms. The lowest BCUT2D eigenvalue weighted by atomic mass is 10.2. The van der Waals surface area contributed by atoms with Crippen LogP contribution in [0.25, 0.3) is 0 Å². The lowest BCUT2D eigenvalue weighted by molar-refractivity contribution is -0.942. The van der Waals surface area contributed by atoms with Crippen LogP contribution < -0.4 is 5.32 Å². The number of carbonyl (C=O) groups is 1. The lowest BCUT2D eigenvalue weighted by Gasteiger charge is -2.50. The highest BCUT2D eigenvalue weighted by Gasteiger charge is 2.37. The molecule has 4 nitrogen and oxygen atoms in total. The van der Waals surface area contributed by atoms with Crippen LogP contribution in [0, 0.1) is 0 Å². The number of hydrogen-bond acceptors (Lipinski definition) is 2. The number of amides is 1. The smallest absolute Gasteiger partial charge is 0.211 e. The second-order valence-corrected chi connectivity index (χ2v) is 3.83. The highest BCUT2D eigenvalue weighted by molar-refractivity contribution is 5.45. The van der Waals surface area contributed by atoms with Crippen molar-refractivity contribution in [3.8, 4) is 0 Å². The third-order valence-corrected chi connectivity index (χ3v) is 3.18. The summed E-state index contributed by atoms with van der Waals surface area (Å²) in [6.07, 6.45) is 0.813. The number of nitrogens with one attached hydrogen (secondary N) is 1. The summed E-state index contributed by atoms with van der Waals surface area (Å²) in [5.41, 5.74) is 0. The van der Waals surface area contributed by atoms with Crippen LogP contribution in [-0.4, -0.2) is 61.7 Å². The van der Waals surface area contributed by atoms with Gasteiger partial charge in [0, 0.05) is 19.6 Å². The van der Waals surface area contributed by atoms with E-state index in [9.17, 15) is 4.79 Å². The molecular weight excluding hydrogens is 154 g/mol. The van der Waals surface area contributed by atoms with Crippen molar-refractivity contribution in [1.82, 2.24) is 10.2 Å². The summed E-state index contributed by atoms with van der Waals surface area (Å²) in [4.78, 5) is 12.7. The van der Waals surface area contributed by atoms with E-state index in [0.717, 1.165) is 17.6 Å². The summed E-state index contributed by atoms with van der Waals surface area (Å²) in [5.74, 6) is 0. The first-order chi connectivity index (χ1) is 5.85. The molecule has 3 aliphatic rings. The Hall–Kier alpha value is -0.610. The van der Waals surface area contributed by atoms with Crippen LogP contribution in [-0.2, 0) is 4.79 Å². The van der Waals surface area contributed by atoms with Crippen molar-refractivity contribution < 1.29 is 9.28 Å². The SMILES string of the molecule is O=CNC[N+]12CCN(CC1)CC2. The summed E-state index contributed by atoms with van der Waals surface area (Å²) in [6.45, 7) is 8.08. The summed E-state index contributed by atoms with van der Waals surface area (Å²) < 4.78 is 1.11. The normalized spacial score (nSPS) is 39.5. The Labute approximate surface area is 72.7 Å². The highest BCUT2D eigenvalue weighted by Crippen LogP contribution is 2.17. The minimum absolute atomic E-state index is 0.813. The monoisotopic (exact) mass is 170 g/mol. The minimum Gasteiger partial charge on any atom is -0.312 e. The largest absolute Gasteiger partial charge is 0.312 e. The third-order valence-electron chi connectivity index (χ3n) is 3.18. The molecule has 0 saturated carbocycles. The van der Waals surface area contributed by atoms with E-state index in [2.05, 4.69) is 10.2 Å². The zero-order chi connectivity index (χ0) is 8.44. The zero-order valence-corrected chi connectivity index (χ0v) is 7.33. The van der Waals surface area contributed by atoms with Gasteiger partial charge in [0.2, 0.25) is 6.41 Å². The number of rotatable bonds is 3. The Morgan fingerprint density at radius 3 is 2.33 bits per heavy atom. The van der Waals surface area contributed by atoms with Gasteiger partial charge in [-0.05, 0) is 0 Å². The molecule has 3 rings (SSSR count). The molecule has 1 N–H and O–H groups in total. The zero-order valence-electron chi connectivity index (χ0n) is 7.33. The van der Waals surface area contributed by atoms with Crippen LogP contribution in [0.3, 0.4) is 0 Å². The topological polar surface area (TPSA) is 32.3 Å². The molecule has 0 radical (unpaired) electrons. The van der Waals surface area contributed by atoms with Crippen LogP contribution in [0.15, 0.2) is 0 Å². The number of fused-ring (bicyclic) bond motifs is 3. The fraction of sp³-hybridized carbons (Fsp3) is 0.875. The molecule has 3 heterocycles. The van der Waals surface area contributed by atoms with Gasteiger partial charge in [0.1, 0.15) is 0 Å². The van der Waals surface area contributed by atoms with Gasteiger partial charge in [0.05, 0.1) is 19.6 Å². The number of piperazine rings is 3. The summed E-state index contributed by atoms with van der Waals surface area (Å²) in [7, 11) is 0. The maximum atomic E-state index is 10.2. The van der Waals surface area contributed by atoms with Crippen molar-refractivity contribution >= 4 is 6.41 Å². The molecular formula is C8H16N3O+. The van der Waals surface area contributed by atoms with E-state index in [1.54, 1.807) is 0 Å². The predicted octanol–water partition coefficient (Wildman–Crippen LogP) is -1.16. The van der Waals surface area contributed by atoms with Crippen molar-refractivity contribution in [3.05, 3.63) is 0 Å². The first-order valence-corrected chi connectivity index (χ1v) is 4.59. The Kier molecular flexibility index (Phi) is 2.02. The molecule has 2 bridgehead atoms. The predicted molar refractivity (Wildman–Crippen MR) is 45.4 cm³/mol. The maximum Gasteiger partial charge on any atom is 0.211 e. The number of hydrogen-bond donors (Lipinski definition) is 1. The van der Waals surface area contributed by atoms with E-state index in [1.165, 1.54) is 39.3 Å². The van der Waals surface area contributed by atoms with Crippen LogP contribution in [0.1, 0.15) is 0 Å². The summed E-state index contributed by atoms with van der Waals surface area (Å²) >= 11 is 0. The highest BCUT2D eigenvalue weighted by atomic mass is 16.1. The first kappa shape index (κ1) is 8.01. The van der Waals surface area contributed by atoms with Crippen molar-refractivity contribution in [2.45, 2.75) is 0 Å². The van der Waals surface area contributed by atoms with E-state index in [4.69, 9.17) is 0 Å². The van der Waals surface area contributed by atoms with E-state index in [0.29, 0.717) is 0 Å². The maximum absolute atomic E-state index is 10.2. The van der Waals surface area contributed by atoms with Crippen LogP contribution >= 0.6 is 0 Å². The van der Waals surface area contributed by atoms with Gasteiger partial charge >= 0.3 is 0 Å². The molecule has 12 heavy (non-hydrogen) atoms. The number of quaternary nitrogens is 1. The van der Waals surface area contributed by atoms with Crippen LogP contribution in [0.2, 0.25) is 0 Å². The van der Waals surface area contributed by atoms with Gasteiger partial charge in [0.15, 0.2) is 6.67 Å². The molecule has 3 aliphatic heterocycles. The fourth-order valence-electron chi connectivity index (χ4n) is 2.20.